The topological polar surface area (TPSA) is 47.7 Å². The monoisotopic (exact) mass is 287 g/mol. The second-order valence-electron chi connectivity index (χ2n) is 4.48. The second-order valence-corrected chi connectivity index (χ2v) is 4.48. The maximum atomic E-state index is 12.6. The van der Waals surface area contributed by atoms with E-state index >= 15 is 0 Å². The maximum absolute atomic E-state index is 12.6. The van der Waals surface area contributed by atoms with E-state index in [0.717, 1.165) is 11.8 Å². The summed E-state index contributed by atoms with van der Waals surface area (Å²) in [5.41, 5.74) is 0.573. The van der Waals surface area contributed by atoms with Gasteiger partial charge >= 0.3 is 6.18 Å². The van der Waals surface area contributed by atoms with Crippen LogP contribution in [0.4, 0.5) is 19.0 Å². The highest BCUT2D eigenvalue weighted by molar-refractivity contribution is 5.36. The van der Waals surface area contributed by atoms with E-state index in [1.807, 2.05) is 13.0 Å². The molecule has 0 fully saturated rings. The standard InChI is InChI=1S/C12H16F3N5/c1-4-20-9(6-10(17-20)12(13,14)15)7-16-11-5-8(2)19(3)18-11/h5-6H,4,7H2,1-3H3,(H,16,18). The molecule has 2 aromatic heterocycles. The molecule has 2 heterocycles. The van der Waals surface area contributed by atoms with E-state index in [2.05, 4.69) is 15.5 Å². The number of hydrogen-bond donors (Lipinski definition) is 1. The Bertz CT molecular complexity index is 577. The molecule has 0 aliphatic rings. The van der Waals surface area contributed by atoms with E-state index in [4.69, 9.17) is 0 Å². The normalized spacial score (nSPS) is 11.9. The predicted molar refractivity (Wildman–Crippen MR) is 68.2 cm³/mol. The summed E-state index contributed by atoms with van der Waals surface area (Å²) in [5, 5.41) is 10.8. The van der Waals surface area contributed by atoms with Gasteiger partial charge < -0.3 is 5.32 Å². The van der Waals surface area contributed by atoms with Crippen molar-refractivity contribution in [2.45, 2.75) is 33.1 Å². The molecule has 2 aromatic rings. The van der Waals surface area contributed by atoms with Crippen molar-refractivity contribution in [1.82, 2.24) is 19.6 Å². The summed E-state index contributed by atoms with van der Waals surface area (Å²) < 4.78 is 40.9. The lowest BCUT2D eigenvalue weighted by Gasteiger charge is -2.05. The van der Waals surface area contributed by atoms with Gasteiger partial charge in [0.05, 0.1) is 12.2 Å². The van der Waals surface area contributed by atoms with Gasteiger partial charge in [0, 0.05) is 25.4 Å². The number of nitrogens with zero attached hydrogens (tertiary/aromatic N) is 4. The summed E-state index contributed by atoms with van der Waals surface area (Å²) in [6.07, 6.45) is -4.42. The Morgan fingerprint density at radius 1 is 1.25 bits per heavy atom. The van der Waals surface area contributed by atoms with Gasteiger partial charge in [0.2, 0.25) is 0 Å². The molecule has 0 amide bonds. The van der Waals surface area contributed by atoms with Gasteiger partial charge in [-0.3, -0.25) is 9.36 Å². The summed E-state index contributed by atoms with van der Waals surface area (Å²) in [4.78, 5) is 0. The van der Waals surface area contributed by atoms with Crippen molar-refractivity contribution >= 4 is 5.82 Å². The average molecular weight is 287 g/mol. The highest BCUT2D eigenvalue weighted by Crippen LogP contribution is 2.28. The molecule has 0 saturated carbocycles. The van der Waals surface area contributed by atoms with Crippen molar-refractivity contribution in [3.05, 3.63) is 29.2 Å². The molecule has 20 heavy (non-hydrogen) atoms. The zero-order valence-corrected chi connectivity index (χ0v) is 11.5. The van der Waals surface area contributed by atoms with E-state index in [0.29, 0.717) is 18.1 Å². The number of aromatic nitrogens is 4. The Balaban J connectivity index is 2.14. The number of alkyl halides is 3. The first kappa shape index (κ1) is 14.4. The molecule has 0 atom stereocenters. The fourth-order valence-corrected chi connectivity index (χ4v) is 1.84. The van der Waals surface area contributed by atoms with E-state index in [9.17, 15) is 13.2 Å². The van der Waals surface area contributed by atoms with E-state index in [1.165, 1.54) is 4.68 Å². The van der Waals surface area contributed by atoms with Crippen molar-refractivity contribution in [1.29, 1.82) is 0 Å². The highest BCUT2D eigenvalue weighted by atomic mass is 19.4. The van der Waals surface area contributed by atoms with E-state index in [-0.39, 0.29) is 6.54 Å². The summed E-state index contributed by atoms with van der Waals surface area (Å²) in [5.74, 6) is 0.627. The predicted octanol–water partition coefficient (Wildman–Crippen LogP) is 2.58. The van der Waals surface area contributed by atoms with Crippen LogP contribution in [0, 0.1) is 6.92 Å². The summed E-state index contributed by atoms with van der Waals surface area (Å²) >= 11 is 0. The van der Waals surface area contributed by atoms with E-state index in [1.54, 1.807) is 18.7 Å². The number of halogens is 3. The number of rotatable bonds is 4. The van der Waals surface area contributed by atoms with Crippen LogP contribution in [-0.2, 0) is 26.3 Å². The van der Waals surface area contributed by atoms with Gasteiger partial charge in [-0.15, -0.1) is 0 Å². The number of aryl methyl sites for hydroxylation is 3. The van der Waals surface area contributed by atoms with Gasteiger partial charge in [0.1, 0.15) is 5.82 Å². The number of anilines is 1. The minimum atomic E-state index is -4.42. The molecule has 2 rings (SSSR count). The molecule has 0 bridgehead atoms. The first-order valence-corrected chi connectivity index (χ1v) is 6.19. The van der Waals surface area contributed by atoms with E-state index < -0.39 is 11.9 Å². The summed E-state index contributed by atoms with van der Waals surface area (Å²) in [7, 11) is 1.80. The average Bonchev–Trinajstić information content (AvgIpc) is 2.90. The lowest BCUT2D eigenvalue weighted by molar-refractivity contribution is -0.141. The Kier molecular flexibility index (Phi) is 3.74. The third kappa shape index (κ3) is 2.94. The molecule has 0 aliphatic carbocycles. The fraction of sp³-hybridized carbons (Fsp3) is 0.500. The first-order valence-electron chi connectivity index (χ1n) is 6.19. The molecular weight excluding hydrogens is 271 g/mol. The third-order valence-electron chi connectivity index (χ3n) is 3.02. The second kappa shape index (κ2) is 5.18. The molecule has 110 valence electrons. The SMILES string of the molecule is CCn1nc(C(F)(F)F)cc1CNc1cc(C)n(C)n1. The number of nitrogens with one attached hydrogen (secondary N) is 1. The first-order chi connectivity index (χ1) is 9.31. The van der Waals surface area contributed by atoms with Crippen LogP contribution >= 0.6 is 0 Å². The van der Waals surface area contributed by atoms with Gasteiger partial charge in [-0.05, 0) is 19.9 Å². The van der Waals surface area contributed by atoms with Crippen molar-refractivity contribution in [3.63, 3.8) is 0 Å². The molecule has 0 saturated heterocycles. The molecule has 0 unspecified atom stereocenters. The lowest BCUT2D eigenvalue weighted by atomic mass is 10.3. The van der Waals surface area contributed by atoms with Crippen LogP contribution in [0.5, 0.6) is 0 Å². The minimum absolute atomic E-state index is 0.243. The van der Waals surface area contributed by atoms with Crippen LogP contribution < -0.4 is 5.32 Å². The number of hydrogen-bond acceptors (Lipinski definition) is 3. The molecule has 5 nitrogen and oxygen atoms in total. The Morgan fingerprint density at radius 2 is 1.95 bits per heavy atom. The summed E-state index contributed by atoms with van der Waals surface area (Å²) in [6, 6.07) is 2.89. The lowest BCUT2D eigenvalue weighted by Crippen LogP contribution is -2.09. The largest absolute Gasteiger partial charge is 0.435 e. The maximum Gasteiger partial charge on any atom is 0.435 e. The quantitative estimate of drug-likeness (QED) is 0.940. The minimum Gasteiger partial charge on any atom is -0.363 e. The summed E-state index contributed by atoms with van der Waals surface area (Å²) in [6.45, 7) is 4.28. The fourth-order valence-electron chi connectivity index (χ4n) is 1.84. The molecule has 0 aromatic carbocycles. The zero-order valence-electron chi connectivity index (χ0n) is 11.5. The van der Waals surface area contributed by atoms with Gasteiger partial charge in [0.15, 0.2) is 5.69 Å². The Morgan fingerprint density at radius 3 is 2.45 bits per heavy atom. The third-order valence-corrected chi connectivity index (χ3v) is 3.02. The van der Waals surface area contributed by atoms with Crippen LogP contribution in [0.3, 0.4) is 0 Å². The van der Waals surface area contributed by atoms with Crippen LogP contribution in [0.2, 0.25) is 0 Å². The van der Waals surface area contributed by atoms with Crippen molar-refractivity contribution in [3.8, 4) is 0 Å². The Labute approximate surface area is 114 Å². The van der Waals surface area contributed by atoms with Crippen molar-refractivity contribution in [2.24, 2.45) is 7.05 Å². The van der Waals surface area contributed by atoms with Crippen LogP contribution in [0.15, 0.2) is 12.1 Å². The molecule has 0 radical (unpaired) electrons. The van der Waals surface area contributed by atoms with Crippen molar-refractivity contribution < 1.29 is 13.2 Å². The van der Waals surface area contributed by atoms with Crippen molar-refractivity contribution in [2.75, 3.05) is 5.32 Å². The zero-order chi connectivity index (χ0) is 14.9. The molecule has 1 N–H and O–H groups in total. The van der Waals surface area contributed by atoms with Crippen LogP contribution in [0.25, 0.3) is 0 Å². The van der Waals surface area contributed by atoms with Gasteiger partial charge in [-0.25, -0.2) is 0 Å². The smallest absolute Gasteiger partial charge is 0.363 e. The van der Waals surface area contributed by atoms with Gasteiger partial charge in [-0.1, -0.05) is 0 Å². The molecule has 8 heteroatoms. The van der Waals surface area contributed by atoms with Crippen LogP contribution in [-0.4, -0.2) is 19.6 Å². The molecule has 0 aliphatic heterocycles. The van der Waals surface area contributed by atoms with Gasteiger partial charge in [-0.2, -0.15) is 23.4 Å². The highest BCUT2D eigenvalue weighted by Gasteiger charge is 2.34. The Hall–Kier alpha value is -1.99. The molecule has 0 spiro atoms. The van der Waals surface area contributed by atoms with Gasteiger partial charge in [0.25, 0.3) is 0 Å². The molecular formula is C12H16F3N5. The van der Waals surface area contributed by atoms with Crippen LogP contribution in [0.1, 0.15) is 24.0 Å².